The molecule has 0 spiro atoms. The fourth-order valence-corrected chi connectivity index (χ4v) is 3.44. The zero-order valence-electron chi connectivity index (χ0n) is 18.1. The Bertz CT molecular complexity index is 1440. The number of nitrogens with zero attached hydrogens (tertiary/aromatic N) is 3. The molecule has 2 heterocycles. The number of carboxylic acid groups (broad SMARTS) is 1. The minimum Gasteiger partial charge on any atom is -0.508 e. The molecule has 1 amide bonds. The van der Waals surface area contributed by atoms with Gasteiger partial charge in [0.15, 0.2) is 0 Å². The molecule has 11 heteroatoms. The lowest BCUT2D eigenvalue weighted by atomic mass is 10.0. The van der Waals surface area contributed by atoms with Crippen molar-refractivity contribution in [1.29, 1.82) is 0 Å². The van der Waals surface area contributed by atoms with Crippen LogP contribution in [0.4, 0.5) is 11.4 Å². The van der Waals surface area contributed by atoms with Gasteiger partial charge < -0.3 is 30.7 Å². The second kappa shape index (κ2) is 8.90. The van der Waals surface area contributed by atoms with E-state index in [2.05, 4.69) is 20.3 Å². The molecule has 0 fully saturated rings. The maximum Gasteiger partial charge on any atom is 0.335 e. The van der Waals surface area contributed by atoms with Gasteiger partial charge in [-0.3, -0.25) is 9.78 Å². The number of ether oxygens (including phenoxy) is 2. The molecule has 11 nitrogen and oxygen atoms in total. The number of nitrogens with two attached hydrogens (primary N) is 1. The molecule has 2 aromatic carbocycles. The van der Waals surface area contributed by atoms with Crippen LogP contribution in [0.3, 0.4) is 0 Å². The Morgan fingerprint density at radius 1 is 1.03 bits per heavy atom. The summed E-state index contributed by atoms with van der Waals surface area (Å²) in [6.07, 6.45) is 2.88. The number of phenols is 1. The number of amides is 1. The van der Waals surface area contributed by atoms with Crippen molar-refractivity contribution in [2.45, 2.75) is 0 Å². The standard InChI is InChI=1S/C23H19N5O6/c1-33-21-16(9-26-23(28-21)34-2)11-3-4-15-18(7-11)25-10-17(20(24)30)19(15)27-13-5-12(22(31)32)6-14(29)8-13/h3-10,29H,1-2H3,(H2,24,30)(H,25,27)(H,31,32). The minimum absolute atomic E-state index is 0.0887. The second-order valence-corrected chi connectivity index (χ2v) is 7.12. The van der Waals surface area contributed by atoms with Gasteiger partial charge in [0, 0.05) is 29.5 Å². The summed E-state index contributed by atoms with van der Waals surface area (Å²) in [5.41, 5.74) is 7.86. The molecule has 0 aliphatic rings. The number of methoxy groups -OCH3 is 2. The lowest BCUT2D eigenvalue weighted by molar-refractivity contribution is 0.0696. The Balaban J connectivity index is 1.85. The highest BCUT2D eigenvalue weighted by Gasteiger charge is 2.17. The van der Waals surface area contributed by atoms with Crippen LogP contribution in [-0.4, -0.2) is 51.3 Å². The number of hydrogen-bond acceptors (Lipinski definition) is 9. The van der Waals surface area contributed by atoms with Gasteiger partial charge in [-0.2, -0.15) is 4.98 Å². The first-order valence-electron chi connectivity index (χ1n) is 9.83. The third-order valence-electron chi connectivity index (χ3n) is 4.99. The van der Waals surface area contributed by atoms with E-state index in [0.717, 1.165) is 6.07 Å². The molecular formula is C23H19N5O6. The minimum atomic E-state index is -1.21. The molecule has 4 aromatic rings. The zero-order chi connectivity index (χ0) is 24.4. The van der Waals surface area contributed by atoms with Crippen molar-refractivity contribution >= 4 is 34.2 Å². The molecule has 0 saturated carbocycles. The van der Waals surface area contributed by atoms with Gasteiger partial charge in [-0.05, 0) is 23.8 Å². The van der Waals surface area contributed by atoms with E-state index in [1.165, 1.54) is 32.5 Å². The predicted molar refractivity (Wildman–Crippen MR) is 123 cm³/mol. The van der Waals surface area contributed by atoms with Crippen molar-refractivity contribution in [2.24, 2.45) is 5.73 Å². The van der Waals surface area contributed by atoms with Crippen LogP contribution in [0, 0.1) is 0 Å². The number of nitrogens with one attached hydrogen (secondary N) is 1. The first-order valence-corrected chi connectivity index (χ1v) is 9.83. The number of carbonyl (C=O) groups excluding carboxylic acids is 1. The summed E-state index contributed by atoms with van der Waals surface area (Å²) in [6, 6.07) is 9.16. The average molecular weight is 461 g/mol. The van der Waals surface area contributed by atoms with E-state index in [1.54, 1.807) is 24.4 Å². The van der Waals surface area contributed by atoms with Crippen LogP contribution in [0.15, 0.2) is 48.8 Å². The number of phenolic OH excluding ortho intramolecular Hbond substituents is 1. The largest absolute Gasteiger partial charge is 0.508 e. The SMILES string of the molecule is COc1ncc(-c2ccc3c(Nc4cc(O)cc(C(=O)O)c4)c(C(N)=O)cnc3c2)c(OC)n1. The van der Waals surface area contributed by atoms with E-state index in [1.807, 2.05) is 0 Å². The third-order valence-corrected chi connectivity index (χ3v) is 4.99. The summed E-state index contributed by atoms with van der Waals surface area (Å²) in [5, 5.41) is 22.7. The molecule has 4 rings (SSSR count). The molecule has 5 N–H and O–H groups in total. The molecule has 172 valence electrons. The summed E-state index contributed by atoms with van der Waals surface area (Å²) in [5.74, 6) is -1.90. The molecule has 0 unspecified atom stereocenters. The van der Waals surface area contributed by atoms with Crippen LogP contribution in [0.1, 0.15) is 20.7 Å². The van der Waals surface area contributed by atoms with E-state index in [0.29, 0.717) is 33.6 Å². The Morgan fingerprint density at radius 3 is 2.50 bits per heavy atom. The Hall–Kier alpha value is -4.93. The fourth-order valence-electron chi connectivity index (χ4n) is 3.44. The molecule has 2 aromatic heterocycles. The van der Waals surface area contributed by atoms with Crippen LogP contribution >= 0.6 is 0 Å². The zero-order valence-corrected chi connectivity index (χ0v) is 18.1. The third kappa shape index (κ3) is 4.21. The summed E-state index contributed by atoms with van der Waals surface area (Å²) in [7, 11) is 2.93. The Kier molecular flexibility index (Phi) is 5.83. The van der Waals surface area contributed by atoms with Crippen molar-refractivity contribution < 1.29 is 29.3 Å². The Labute approximate surface area is 192 Å². The number of carbonyl (C=O) groups is 2. The van der Waals surface area contributed by atoms with Crippen molar-refractivity contribution in [1.82, 2.24) is 15.0 Å². The van der Waals surface area contributed by atoms with E-state index in [4.69, 9.17) is 15.2 Å². The second-order valence-electron chi connectivity index (χ2n) is 7.12. The number of benzene rings is 2. The molecule has 0 bridgehead atoms. The van der Waals surface area contributed by atoms with Crippen LogP contribution < -0.4 is 20.5 Å². The van der Waals surface area contributed by atoms with E-state index in [9.17, 15) is 19.8 Å². The molecular weight excluding hydrogens is 442 g/mol. The van der Waals surface area contributed by atoms with Crippen LogP contribution in [0.5, 0.6) is 17.6 Å². The highest BCUT2D eigenvalue weighted by molar-refractivity contribution is 6.08. The summed E-state index contributed by atoms with van der Waals surface area (Å²) >= 11 is 0. The highest BCUT2D eigenvalue weighted by Crippen LogP contribution is 2.35. The van der Waals surface area contributed by atoms with Crippen LogP contribution in [0.25, 0.3) is 22.0 Å². The monoisotopic (exact) mass is 461 g/mol. The van der Waals surface area contributed by atoms with Gasteiger partial charge in [-0.1, -0.05) is 12.1 Å². The number of rotatable bonds is 7. The van der Waals surface area contributed by atoms with Crippen LogP contribution in [0.2, 0.25) is 0 Å². The smallest absolute Gasteiger partial charge is 0.335 e. The van der Waals surface area contributed by atoms with Gasteiger partial charge in [-0.25, -0.2) is 9.78 Å². The predicted octanol–water partition coefficient (Wildman–Crippen LogP) is 2.96. The van der Waals surface area contributed by atoms with E-state index < -0.39 is 11.9 Å². The maximum atomic E-state index is 12.1. The number of aromatic nitrogens is 3. The number of carboxylic acids is 1. The van der Waals surface area contributed by atoms with Crippen molar-refractivity contribution in [3.8, 4) is 28.8 Å². The summed E-state index contributed by atoms with van der Waals surface area (Å²) in [4.78, 5) is 36.1. The van der Waals surface area contributed by atoms with Crippen LogP contribution in [-0.2, 0) is 0 Å². The fraction of sp³-hybridized carbons (Fsp3) is 0.0870. The summed E-state index contributed by atoms with van der Waals surface area (Å²) in [6.45, 7) is 0. The number of fused-ring (bicyclic) bond motifs is 1. The first-order chi connectivity index (χ1) is 16.3. The number of anilines is 2. The number of aromatic carboxylic acids is 1. The molecule has 0 radical (unpaired) electrons. The topological polar surface area (TPSA) is 170 Å². The average Bonchev–Trinajstić information content (AvgIpc) is 2.82. The number of pyridine rings is 1. The number of primary amides is 1. The van der Waals surface area contributed by atoms with E-state index >= 15 is 0 Å². The van der Waals surface area contributed by atoms with Crippen molar-refractivity contribution in [3.63, 3.8) is 0 Å². The molecule has 0 atom stereocenters. The number of aromatic hydroxyl groups is 1. The maximum absolute atomic E-state index is 12.1. The first kappa shape index (κ1) is 22.3. The van der Waals surface area contributed by atoms with Gasteiger partial charge >= 0.3 is 12.0 Å². The molecule has 0 aliphatic carbocycles. The van der Waals surface area contributed by atoms with Gasteiger partial charge in [0.25, 0.3) is 5.91 Å². The van der Waals surface area contributed by atoms with Gasteiger partial charge in [0.05, 0.1) is 42.1 Å². The molecule has 0 saturated heterocycles. The lowest BCUT2D eigenvalue weighted by Crippen LogP contribution is -2.14. The molecule has 34 heavy (non-hydrogen) atoms. The quantitative estimate of drug-likeness (QED) is 0.321. The van der Waals surface area contributed by atoms with Gasteiger partial charge in [0.2, 0.25) is 5.88 Å². The van der Waals surface area contributed by atoms with E-state index in [-0.39, 0.29) is 28.6 Å². The highest BCUT2D eigenvalue weighted by atomic mass is 16.5. The van der Waals surface area contributed by atoms with Crippen molar-refractivity contribution in [3.05, 3.63) is 59.9 Å². The molecule has 0 aliphatic heterocycles. The van der Waals surface area contributed by atoms with Gasteiger partial charge in [0.1, 0.15) is 5.75 Å². The normalized spacial score (nSPS) is 10.6. The lowest BCUT2D eigenvalue weighted by Gasteiger charge is -2.15. The van der Waals surface area contributed by atoms with Gasteiger partial charge in [-0.15, -0.1) is 0 Å². The number of hydrogen-bond donors (Lipinski definition) is 4. The Morgan fingerprint density at radius 2 is 1.82 bits per heavy atom. The van der Waals surface area contributed by atoms with Crippen molar-refractivity contribution in [2.75, 3.05) is 19.5 Å². The summed E-state index contributed by atoms with van der Waals surface area (Å²) < 4.78 is 10.4.